The molecule has 6 heterocycles. The van der Waals surface area contributed by atoms with E-state index < -0.39 is 0 Å². The fourth-order valence-electron chi connectivity index (χ4n) is 8.88. The van der Waals surface area contributed by atoms with Gasteiger partial charge in [-0.05, 0) is 86.1 Å². The van der Waals surface area contributed by atoms with Gasteiger partial charge >= 0.3 is 0 Å². The molecule has 0 bridgehead atoms. The first-order chi connectivity index (χ1) is 28.4. The Morgan fingerprint density at radius 2 is 0.931 bits per heavy atom. The Morgan fingerprint density at radius 1 is 0.534 bits per heavy atom. The first-order valence-electron chi connectivity index (χ1n) is 20.8. The summed E-state index contributed by atoms with van der Waals surface area (Å²) in [5.74, 6) is 3.50. The second kappa shape index (κ2) is 17.1. The summed E-state index contributed by atoms with van der Waals surface area (Å²) in [7, 11) is 0. The average Bonchev–Trinajstić information content (AvgIpc) is 3.90. The first kappa shape index (κ1) is 38.6. The molecule has 4 aromatic heterocycles. The summed E-state index contributed by atoms with van der Waals surface area (Å²) in [5, 5.41) is 17.6. The zero-order valence-electron chi connectivity index (χ0n) is 33.4. The molecule has 304 valence electrons. The number of pyridine rings is 2. The molecule has 4 aliphatic rings. The topological polar surface area (TPSA) is 156 Å². The molecule has 58 heavy (non-hydrogen) atoms. The third-order valence-corrected chi connectivity index (χ3v) is 12.3. The number of rotatable bonds is 8. The van der Waals surface area contributed by atoms with Gasteiger partial charge in [0.1, 0.15) is 23.7 Å². The number of hydrogen-bond donors (Lipinski definition) is 2. The molecule has 2 aromatic carbocycles. The Bertz CT molecular complexity index is 2160. The van der Waals surface area contributed by atoms with E-state index >= 15 is 0 Å². The number of benzene rings is 2. The predicted molar refractivity (Wildman–Crippen MR) is 220 cm³/mol. The number of morpholine rings is 2. The molecular weight excluding hydrogens is 733 g/mol. The molecule has 14 heteroatoms. The highest BCUT2D eigenvalue weighted by Gasteiger charge is 2.29. The van der Waals surface area contributed by atoms with E-state index in [0.29, 0.717) is 0 Å². The molecule has 6 atom stereocenters. The zero-order valence-corrected chi connectivity index (χ0v) is 33.4. The van der Waals surface area contributed by atoms with Crippen molar-refractivity contribution < 1.29 is 18.9 Å². The maximum atomic E-state index is 6.42. The second-order valence-electron chi connectivity index (χ2n) is 15.8. The van der Waals surface area contributed by atoms with Gasteiger partial charge in [-0.2, -0.15) is 0 Å². The third-order valence-electron chi connectivity index (χ3n) is 12.3. The number of hydrogen-bond acceptors (Lipinski definition) is 12. The minimum Gasteiger partial charge on any atom is -0.484 e. The highest BCUT2D eigenvalue weighted by molar-refractivity contribution is 5.44. The van der Waals surface area contributed by atoms with Crippen LogP contribution in [0, 0.1) is 0 Å². The largest absolute Gasteiger partial charge is 0.484 e. The van der Waals surface area contributed by atoms with Gasteiger partial charge in [0.05, 0.1) is 50.9 Å². The molecule has 14 nitrogen and oxygen atoms in total. The summed E-state index contributed by atoms with van der Waals surface area (Å²) in [6, 6.07) is 25.1. The van der Waals surface area contributed by atoms with E-state index in [0.717, 1.165) is 113 Å². The van der Waals surface area contributed by atoms with Crippen LogP contribution in [0.3, 0.4) is 0 Å². The molecule has 0 spiro atoms. The SMILES string of the molecule is C[C@@H](c1nnc2ccc(O[C@@H]3CC[C@H](N)c4ccccc43)cn12)N1CCOCC1.C[C@H](c1nnc2ccc(O[C@@H]3CC[C@H](N)c4ccccc43)cn12)N1CCOCC1. The molecule has 10 rings (SSSR count). The van der Waals surface area contributed by atoms with Gasteiger partial charge < -0.3 is 30.4 Å². The summed E-state index contributed by atoms with van der Waals surface area (Å²) < 4.78 is 27.9. The smallest absolute Gasteiger partial charge is 0.161 e. The van der Waals surface area contributed by atoms with Crippen LogP contribution in [0.25, 0.3) is 11.3 Å². The van der Waals surface area contributed by atoms with Crippen LogP contribution in [-0.2, 0) is 9.47 Å². The molecule has 0 saturated carbocycles. The van der Waals surface area contributed by atoms with Crippen LogP contribution < -0.4 is 20.9 Å². The number of fused-ring (bicyclic) bond motifs is 4. The molecule has 2 aliphatic heterocycles. The van der Waals surface area contributed by atoms with Gasteiger partial charge in [0, 0.05) is 38.3 Å². The second-order valence-corrected chi connectivity index (χ2v) is 15.8. The van der Waals surface area contributed by atoms with E-state index in [1.165, 1.54) is 22.3 Å². The molecule has 2 saturated heterocycles. The standard InChI is InChI=1S/2C22H27N5O2/c2*1-15(26-10-12-28-13-11-26)22-25-24-21-9-6-16(14-27(21)22)29-20-8-7-19(23)17-4-2-3-5-18(17)20/h2*2-6,9,14-15,19-20H,7-8,10-13,23H2,1H3/t15-,19+,20-;15-,19-,20+/m10/s1. The van der Waals surface area contributed by atoms with Crippen LogP contribution in [0.2, 0.25) is 0 Å². The van der Waals surface area contributed by atoms with Crippen LogP contribution in [0.4, 0.5) is 0 Å². The Labute approximate surface area is 339 Å². The monoisotopic (exact) mass is 786 g/mol. The lowest BCUT2D eigenvalue weighted by Crippen LogP contribution is -2.38. The van der Waals surface area contributed by atoms with Crippen molar-refractivity contribution in [1.29, 1.82) is 0 Å². The minimum atomic E-state index is 0.0139. The lowest BCUT2D eigenvalue weighted by Gasteiger charge is -2.31. The molecule has 6 aromatic rings. The number of ether oxygens (including phenoxy) is 4. The highest BCUT2D eigenvalue weighted by Crippen LogP contribution is 2.39. The number of nitrogens with zero attached hydrogens (tertiary/aromatic N) is 8. The van der Waals surface area contributed by atoms with Gasteiger partial charge in [0.15, 0.2) is 22.9 Å². The van der Waals surface area contributed by atoms with Gasteiger partial charge in [0.25, 0.3) is 0 Å². The van der Waals surface area contributed by atoms with Gasteiger partial charge in [-0.1, -0.05) is 48.5 Å². The van der Waals surface area contributed by atoms with Crippen molar-refractivity contribution in [2.24, 2.45) is 11.5 Å². The molecule has 4 N–H and O–H groups in total. The average molecular weight is 787 g/mol. The molecule has 0 unspecified atom stereocenters. The van der Waals surface area contributed by atoms with E-state index in [1.807, 2.05) is 48.8 Å². The summed E-state index contributed by atoms with van der Waals surface area (Å²) in [6.07, 6.45) is 7.73. The number of aromatic nitrogens is 6. The van der Waals surface area contributed by atoms with Crippen molar-refractivity contribution in [2.75, 3.05) is 52.6 Å². The van der Waals surface area contributed by atoms with Crippen molar-refractivity contribution in [1.82, 2.24) is 39.0 Å². The Hall–Kier alpha value is -4.96. The molecular formula is C44H54N10O4. The fourth-order valence-corrected chi connectivity index (χ4v) is 8.88. The zero-order chi connectivity index (χ0) is 39.6. The van der Waals surface area contributed by atoms with Crippen LogP contribution in [0.1, 0.15) is 110 Å². The maximum absolute atomic E-state index is 6.42. The predicted octanol–water partition coefficient (Wildman–Crippen LogP) is 6.07. The Balaban J connectivity index is 0.000000150. The van der Waals surface area contributed by atoms with E-state index in [-0.39, 0.29) is 36.4 Å². The molecule has 2 fully saturated rings. The third kappa shape index (κ3) is 7.92. The molecule has 0 amide bonds. The lowest BCUT2D eigenvalue weighted by molar-refractivity contribution is 0.0179. The normalized spacial score (nSPS) is 23.7. The quantitative estimate of drug-likeness (QED) is 0.184. The Morgan fingerprint density at radius 3 is 1.34 bits per heavy atom. The van der Waals surface area contributed by atoms with Crippen molar-refractivity contribution in [2.45, 2.75) is 75.9 Å². The lowest BCUT2D eigenvalue weighted by atomic mass is 9.86. The van der Waals surface area contributed by atoms with Gasteiger partial charge in [-0.25, -0.2) is 0 Å². The van der Waals surface area contributed by atoms with E-state index in [4.69, 9.17) is 30.4 Å². The fraction of sp³-hybridized carbons (Fsp3) is 0.455. The van der Waals surface area contributed by atoms with Crippen molar-refractivity contribution in [3.8, 4) is 11.5 Å². The maximum Gasteiger partial charge on any atom is 0.161 e. The van der Waals surface area contributed by atoms with Crippen LogP contribution >= 0.6 is 0 Å². The van der Waals surface area contributed by atoms with Crippen molar-refractivity contribution in [3.63, 3.8) is 0 Å². The number of nitrogens with two attached hydrogens (primary N) is 2. The molecule has 2 aliphatic carbocycles. The van der Waals surface area contributed by atoms with Gasteiger partial charge in [-0.3, -0.25) is 18.6 Å². The van der Waals surface area contributed by atoms with E-state index in [2.05, 4.69) is 89.2 Å². The van der Waals surface area contributed by atoms with E-state index in [9.17, 15) is 0 Å². The van der Waals surface area contributed by atoms with Crippen LogP contribution in [0.5, 0.6) is 11.5 Å². The summed E-state index contributed by atoms with van der Waals surface area (Å²) in [4.78, 5) is 4.76. The first-order valence-corrected chi connectivity index (χ1v) is 20.8. The van der Waals surface area contributed by atoms with Crippen molar-refractivity contribution in [3.05, 3.63) is 119 Å². The Kier molecular flexibility index (Phi) is 11.4. The minimum absolute atomic E-state index is 0.0139. The van der Waals surface area contributed by atoms with Crippen molar-refractivity contribution >= 4 is 11.3 Å². The van der Waals surface area contributed by atoms with Gasteiger partial charge in [-0.15, -0.1) is 20.4 Å². The summed E-state index contributed by atoms with van der Waals surface area (Å²) in [5.41, 5.74) is 19.0. The highest BCUT2D eigenvalue weighted by atomic mass is 16.5. The van der Waals surface area contributed by atoms with Gasteiger partial charge in [0.2, 0.25) is 0 Å². The van der Waals surface area contributed by atoms with Crippen LogP contribution in [0.15, 0.2) is 85.2 Å². The van der Waals surface area contributed by atoms with Crippen LogP contribution in [-0.4, -0.2) is 91.6 Å². The summed E-state index contributed by atoms with van der Waals surface area (Å²) >= 11 is 0. The summed E-state index contributed by atoms with van der Waals surface area (Å²) in [6.45, 7) is 11.0. The van der Waals surface area contributed by atoms with E-state index in [1.54, 1.807) is 0 Å². The molecule has 0 radical (unpaired) electrons.